The highest BCUT2D eigenvalue weighted by Crippen LogP contribution is 2.45. The van der Waals surface area contributed by atoms with E-state index in [1.54, 1.807) is 6.92 Å². The molecule has 5 N–H and O–H groups in total. The van der Waals surface area contributed by atoms with Crippen molar-refractivity contribution in [2.24, 2.45) is 52.6 Å². The molecule has 0 bridgehead atoms. The van der Waals surface area contributed by atoms with Crippen LogP contribution >= 0.6 is 0 Å². The molecule has 0 aromatic carbocycles. The van der Waals surface area contributed by atoms with Gasteiger partial charge in [0.25, 0.3) is 0 Å². The third-order valence-electron chi connectivity index (χ3n) is 12.6. The Kier molecular flexibility index (Phi) is 24.8. The average molecular weight is 727 g/mol. The fraction of sp³-hybridized carbons (Fsp3) is 0.951. The monoisotopic (exact) mass is 727 g/mol. The van der Waals surface area contributed by atoms with Crippen LogP contribution < -0.4 is 11.1 Å². The van der Waals surface area contributed by atoms with Crippen molar-refractivity contribution in [1.82, 2.24) is 15.3 Å². The number of nitrogens with zero attached hydrogens (tertiary/aromatic N) is 2. The lowest BCUT2D eigenvalue weighted by Crippen LogP contribution is -2.49. The number of nitrogens with one attached hydrogen (secondary N) is 1. The molecule has 4 saturated carbocycles. The number of amides is 2. The summed E-state index contributed by atoms with van der Waals surface area (Å²) >= 11 is 0. The maximum Gasteiger partial charge on any atom is 0.223 e. The summed E-state index contributed by atoms with van der Waals surface area (Å²) in [6, 6.07) is 0.481. The van der Waals surface area contributed by atoms with Crippen molar-refractivity contribution < 1.29 is 29.4 Å². The number of carbonyl (C=O) groups is 2. The molecular weight excluding hydrogens is 644 g/mol. The summed E-state index contributed by atoms with van der Waals surface area (Å²) in [6.45, 7) is 15.3. The molecule has 2 amide bonds. The first-order chi connectivity index (χ1) is 24.4. The molecule has 4 aliphatic carbocycles. The predicted molar refractivity (Wildman–Crippen MR) is 209 cm³/mol. The van der Waals surface area contributed by atoms with E-state index in [-0.39, 0.29) is 25.0 Å². The van der Waals surface area contributed by atoms with Crippen LogP contribution in [0.1, 0.15) is 131 Å². The molecule has 0 aromatic heterocycles. The molecule has 1 saturated heterocycles. The molecule has 0 aromatic rings. The Labute approximate surface area is 313 Å². The Bertz CT molecular complexity index is 895. The fourth-order valence-corrected chi connectivity index (χ4v) is 9.49. The highest BCUT2D eigenvalue weighted by atomic mass is 16.7. The van der Waals surface area contributed by atoms with Gasteiger partial charge in [-0.15, -0.1) is 0 Å². The highest BCUT2D eigenvalue weighted by molar-refractivity contribution is 5.78. The number of hydrogen-bond acceptors (Lipinski definition) is 8. The number of ether oxygens (including phenoxy) is 1. The molecule has 5 fully saturated rings. The van der Waals surface area contributed by atoms with E-state index in [1.807, 2.05) is 7.11 Å². The van der Waals surface area contributed by atoms with Crippen molar-refractivity contribution in [1.29, 1.82) is 0 Å². The number of hydrogen-bond donors (Lipinski definition) is 4. The summed E-state index contributed by atoms with van der Waals surface area (Å²) in [7, 11) is 7.28. The largest absolute Gasteiger partial charge is 0.400 e. The standard InChI is InChI=1S/C27H49N3O3.C10H20.C2H6O.CH3NO.CH4O/c1-29(2)24-16-22(15-23(17-24)27(31)28-18-20-9-5-4-6-10-20)25-12-7-11-21(26(25)32-3)19-30-13-8-14-33-30;1-8-5-6-9(2)10(3,4)7-8;1-2-3;2-1-3;1-2/h20-26H,4-19H2,1-3H3,(H,28,31);8-9H,5-7H2,1-4H3;3H,2H2,1H3;1H,(H2,2,3);2H,1H3. The van der Waals surface area contributed by atoms with Crippen molar-refractivity contribution >= 4 is 12.3 Å². The van der Waals surface area contributed by atoms with Crippen LogP contribution in [0.4, 0.5) is 0 Å². The van der Waals surface area contributed by atoms with E-state index >= 15 is 0 Å². The SMILES string of the molecule is CC1CCC(C)C(C)(C)C1.CCO.CO.COC1C(CN2CCCO2)CCCC1C1CC(C(=O)NCC2CCCCC2)CC(N(C)C)C1.NC=O. The molecule has 5 aliphatic rings. The number of rotatable bonds is 8. The smallest absolute Gasteiger partial charge is 0.223 e. The maximum absolute atomic E-state index is 13.3. The van der Waals surface area contributed by atoms with Gasteiger partial charge in [-0.25, -0.2) is 0 Å². The van der Waals surface area contributed by atoms with Crippen LogP contribution in [-0.2, 0) is 19.2 Å². The first-order valence-corrected chi connectivity index (χ1v) is 20.5. The fourth-order valence-electron chi connectivity index (χ4n) is 9.49. The van der Waals surface area contributed by atoms with E-state index in [2.05, 4.69) is 62.8 Å². The maximum atomic E-state index is 13.3. The van der Waals surface area contributed by atoms with Gasteiger partial charge >= 0.3 is 0 Å². The minimum Gasteiger partial charge on any atom is -0.400 e. The molecule has 0 spiro atoms. The normalized spacial score (nSPS) is 32.3. The van der Waals surface area contributed by atoms with Gasteiger partial charge in [0.2, 0.25) is 12.3 Å². The van der Waals surface area contributed by atoms with Gasteiger partial charge < -0.3 is 30.9 Å². The lowest BCUT2D eigenvalue weighted by atomic mass is 9.65. The zero-order chi connectivity index (χ0) is 38.4. The van der Waals surface area contributed by atoms with Crippen LogP contribution in [0.2, 0.25) is 0 Å². The van der Waals surface area contributed by atoms with Crippen molar-refractivity contribution in [2.75, 3.05) is 61.2 Å². The molecule has 1 aliphatic heterocycles. The van der Waals surface area contributed by atoms with Crippen molar-refractivity contribution in [2.45, 2.75) is 143 Å². The molecule has 1 heterocycles. The summed E-state index contributed by atoms with van der Waals surface area (Å²) in [5.41, 5.74) is 4.78. The van der Waals surface area contributed by atoms with Gasteiger partial charge in [-0.1, -0.05) is 59.8 Å². The Balaban J connectivity index is 0.000000599. The van der Waals surface area contributed by atoms with Gasteiger partial charge in [0.1, 0.15) is 0 Å². The van der Waals surface area contributed by atoms with Gasteiger partial charge in [0, 0.05) is 58.3 Å². The van der Waals surface area contributed by atoms with Crippen molar-refractivity contribution in [3.63, 3.8) is 0 Å². The number of carbonyl (C=O) groups excluding carboxylic acids is 2. The first-order valence-electron chi connectivity index (χ1n) is 20.5. The van der Waals surface area contributed by atoms with Crippen LogP contribution in [0.25, 0.3) is 0 Å². The number of primary amides is 1. The third-order valence-corrected chi connectivity index (χ3v) is 12.6. The van der Waals surface area contributed by atoms with E-state index in [9.17, 15) is 4.79 Å². The molecule has 51 heavy (non-hydrogen) atoms. The van der Waals surface area contributed by atoms with Gasteiger partial charge in [-0.2, -0.15) is 5.06 Å². The minimum atomic E-state index is 0.138. The van der Waals surface area contributed by atoms with Gasteiger partial charge in [0.05, 0.1) is 12.7 Å². The number of hydroxylamine groups is 2. The second-order valence-electron chi connectivity index (χ2n) is 16.9. The molecule has 8 atom stereocenters. The van der Waals surface area contributed by atoms with Crippen LogP contribution in [0.3, 0.4) is 0 Å². The zero-order valence-electron chi connectivity index (χ0n) is 34.4. The molecule has 10 nitrogen and oxygen atoms in total. The Morgan fingerprint density at radius 3 is 2.18 bits per heavy atom. The summed E-state index contributed by atoms with van der Waals surface area (Å²) in [4.78, 5) is 30.1. The average Bonchev–Trinajstić information content (AvgIpc) is 3.64. The topological polar surface area (TPSA) is 138 Å². The second-order valence-corrected chi connectivity index (χ2v) is 16.9. The number of methoxy groups -OCH3 is 1. The van der Waals surface area contributed by atoms with E-state index in [0.29, 0.717) is 41.0 Å². The molecule has 10 heteroatoms. The van der Waals surface area contributed by atoms with Crippen LogP contribution in [0.5, 0.6) is 0 Å². The quantitative estimate of drug-likeness (QED) is 0.215. The highest BCUT2D eigenvalue weighted by Gasteiger charge is 2.44. The van der Waals surface area contributed by atoms with E-state index in [4.69, 9.17) is 24.6 Å². The molecule has 5 rings (SSSR count). The Morgan fingerprint density at radius 2 is 1.65 bits per heavy atom. The van der Waals surface area contributed by atoms with Crippen molar-refractivity contribution in [3.05, 3.63) is 0 Å². The summed E-state index contributed by atoms with van der Waals surface area (Å²) in [6.07, 6.45) is 19.5. The first kappa shape index (κ1) is 47.7. The number of aliphatic hydroxyl groups is 2. The Morgan fingerprint density at radius 1 is 1.00 bits per heavy atom. The molecule has 0 radical (unpaired) electrons. The summed E-state index contributed by atoms with van der Waals surface area (Å²) < 4.78 is 6.20. The van der Waals surface area contributed by atoms with Gasteiger partial charge in [-0.3, -0.25) is 14.4 Å². The van der Waals surface area contributed by atoms with Crippen LogP contribution in [-0.4, -0.2) is 106 Å². The lowest BCUT2D eigenvalue weighted by Gasteiger charge is -2.46. The van der Waals surface area contributed by atoms with Crippen LogP contribution in [0.15, 0.2) is 0 Å². The molecule has 302 valence electrons. The minimum absolute atomic E-state index is 0.138. The Hall–Kier alpha value is -1.30. The third kappa shape index (κ3) is 17.1. The van der Waals surface area contributed by atoms with E-state index in [1.165, 1.54) is 77.0 Å². The lowest BCUT2D eigenvalue weighted by molar-refractivity contribution is -0.145. The van der Waals surface area contributed by atoms with Gasteiger partial charge in [-0.05, 0) is 120 Å². The van der Waals surface area contributed by atoms with Crippen molar-refractivity contribution in [3.8, 4) is 0 Å². The summed E-state index contributed by atoms with van der Waals surface area (Å²) in [5, 5.41) is 20.1. The molecular formula is C41H82N4O6. The van der Waals surface area contributed by atoms with Gasteiger partial charge in [0.15, 0.2) is 0 Å². The number of nitrogens with two attached hydrogens (primary N) is 1. The molecule has 8 unspecified atom stereocenters. The zero-order valence-corrected chi connectivity index (χ0v) is 34.4. The van der Waals surface area contributed by atoms with E-state index in [0.717, 1.165) is 64.4 Å². The predicted octanol–water partition coefficient (Wildman–Crippen LogP) is 6.28. The number of aliphatic hydroxyl groups excluding tert-OH is 2. The van der Waals surface area contributed by atoms with E-state index < -0.39 is 0 Å². The summed E-state index contributed by atoms with van der Waals surface area (Å²) in [5.74, 6) is 4.68. The second kappa shape index (κ2) is 26.5. The van der Waals surface area contributed by atoms with Crippen LogP contribution in [0, 0.1) is 46.8 Å².